The number of aryl methyl sites for hydroxylation is 2. The molecule has 0 bridgehead atoms. The molecule has 1 saturated heterocycles. The number of nitrogens with one attached hydrogen (secondary N) is 1. The molecule has 3 rings (SSSR count). The SMILES string of the molecule is Cc1cc(N2CCN(CC(=O)N[C@@H](C)c3ccccc3C)CC2)nc(C(C)C)n1. The highest BCUT2D eigenvalue weighted by Crippen LogP contribution is 2.19. The molecule has 1 aromatic carbocycles. The van der Waals surface area contributed by atoms with E-state index in [1.165, 1.54) is 11.1 Å². The lowest BCUT2D eigenvalue weighted by Gasteiger charge is -2.35. The maximum atomic E-state index is 12.5. The van der Waals surface area contributed by atoms with E-state index in [-0.39, 0.29) is 11.9 Å². The van der Waals surface area contributed by atoms with Crippen LogP contribution in [0.2, 0.25) is 0 Å². The maximum absolute atomic E-state index is 12.5. The number of nitrogens with zero attached hydrogens (tertiary/aromatic N) is 4. The molecule has 0 unspecified atom stereocenters. The van der Waals surface area contributed by atoms with Gasteiger partial charge in [-0.2, -0.15) is 0 Å². The van der Waals surface area contributed by atoms with Crippen LogP contribution in [0.5, 0.6) is 0 Å². The van der Waals surface area contributed by atoms with Crippen LogP contribution in [0.15, 0.2) is 30.3 Å². The minimum Gasteiger partial charge on any atom is -0.354 e. The van der Waals surface area contributed by atoms with Gasteiger partial charge >= 0.3 is 0 Å². The van der Waals surface area contributed by atoms with Crippen LogP contribution in [0.4, 0.5) is 5.82 Å². The fourth-order valence-electron chi connectivity index (χ4n) is 3.77. The average Bonchev–Trinajstić information content (AvgIpc) is 2.68. The smallest absolute Gasteiger partial charge is 0.234 e. The first-order valence-corrected chi connectivity index (χ1v) is 10.5. The fraction of sp³-hybridized carbons (Fsp3) is 0.522. The largest absolute Gasteiger partial charge is 0.354 e. The summed E-state index contributed by atoms with van der Waals surface area (Å²) in [6.07, 6.45) is 0. The van der Waals surface area contributed by atoms with Crippen molar-refractivity contribution < 1.29 is 4.79 Å². The third-order valence-corrected chi connectivity index (χ3v) is 5.47. The standard InChI is InChI=1S/C23H33N5O/c1-16(2)23-24-18(4)14-21(26-23)28-12-10-27(11-13-28)15-22(29)25-19(5)20-9-7-6-8-17(20)3/h6-9,14,16,19H,10-13,15H2,1-5H3,(H,25,29)/t19-/m0/s1. The summed E-state index contributed by atoms with van der Waals surface area (Å²) in [5.41, 5.74) is 3.38. The first-order valence-electron chi connectivity index (χ1n) is 10.5. The van der Waals surface area contributed by atoms with Gasteiger partial charge in [-0.15, -0.1) is 0 Å². The topological polar surface area (TPSA) is 61.4 Å². The Bertz CT molecular complexity index is 843. The molecule has 6 heteroatoms. The van der Waals surface area contributed by atoms with Crippen molar-refractivity contribution in [1.29, 1.82) is 0 Å². The monoisotopic (exact) mass is 395 g/mol. The van der Waals surface area contributed by atoms with Gasteiger partial charge in [-0.3, -0.25) is 9.69 Å². The molecule has 2 heterocycles. The Kier molecular flexibility index (Phi) is 6.85. The normalized spacial score (nSPS) is 16.1. The van der Waals surface area contributed by atoms with Gasteiger partial charge in [-0.1, -0.05) is 38.1 Å². The number of rotatable bonds is 6. The van der Waals surface area contributed by atoms with E-state index in [1.54, 1.807) is 0 Å². The Morgan fingerprint density at radius 2 is 1.76 bits per heavy atom. The van der Waals surface area contributed by atoms with Crippen LogP contribution < -0.4 is 10.2 Å². The van der Waals surface area contributed by atoms with Gasteiger partial charge in [-0.25, -0.2) is 9.97 Å². The summed E-state index contributed by atoms with van der Waals surface area (Å²) < 4.78 is 0. The maximum Gasteiger partial charge on any atom is 0.234 e. The zero-order valence-electron chi connectivity index (χ0n) is 18.3. The van der Waals surface area contributed by atoms with E-state index in [1.807, 2.05) is 26.0 Å². The Balaban J connectivity index is 1.52. The molecule has 1 fully saturated rings. The third kappa shape index (κ3) is 5.54. The van der Waals surface area contributed by atoms with Crippen molar-refractivity contribution in [2.24, 2.45) is 0 Å². The molecular weight excluding hydrogens is 362 g/mol. The number of aromatic nitrogens is 2. The molecule has 1 atom stereocenters. The molecule has 1 aromatic heterocycles. The number of hydrogen-bond donors (Lipinski definition) is 1. The first kappa shape index (κ1) is 21.2. The van der Waals surface area contributed by atoms with E-state index in [9.17, 15) is 4.79 Å². The van der Waals surface area contributed by atoms with Crippen LogP contribution in [0.1, 0.15) is 55.4 Å². The molecule has 1 amide bonds. The zero-order valence-corrected chi connectivity index (χ0v) is 18.3. The molecular formula is C23H33N5O. The van der Waals surface area contributed by atoms with Gasteiger partial charge in [-0.05, 0) is 31.9 Å². The summed E-state index contributed by atoms with van der Waals surface area (Å²) in [6, 6.07) is 10.3. The van der Waals surface area contributed by atoms with Crippen molar-refractivity contribution in [2.75, 3.05) is 37.6 Å². The van der Waals surface area contributed by atoms with E-state index in [0.717, 1.165) is 43.5 Å². The van der Waals surface area contributed by atoms with Gasteiger partial charge in [0.05, 0.1) is 12.6 Å². The fourth-order valence-corrected chi connectivity index (χ4v) is 3.77. The lowest BCUT2D eigenvalue weighted by atomic mass is 10.0. The van der Waals surface area contributed by atoms with Crippen molar-refractivity contribution in [3.05, 3.63) is 53.0 Å². The molecule has 1 aliphatic rings. The summed E-state index contributed by atoms with van der Waals surface area (Å²) in [5, 5.41) is 3.14. The van der Waals surface area contributed by atoms with Crippen LogP contribution in [0, 0.1) is 13.8 Å². The number of carbonyl (C=O) groups excluding carboxylic acids is 1. The van der Waals surface area contributed by atoms with Crippen molar-refractivity contribution in [2.45, 2.75) is 46.6 Å². The van der Waals surface area contributed by atoms with Gasteiger partial charge in [0, 0.05) is 43.9 Å². The Morgan fingerprint density at radius 1 is 1.07 bits per heavy atom. The van der Waals surface area contributed by atoms with E-state index in [0.29, 0.717) is 12.5 Å². The minimum atomic E-state index is 0.0171. The quantitative estimate of drug-likeness (QED) is 0.814. The van der Waals surface area contributed by atoms with E-state index in [2.05, 4.69) is 59.1 Å². The van der Waals surface area contributed by atoms with Gasteiger partial charge in [0.15, 0.2) is 0 Å². The van der Waals surface area contributed by atoms with Crippen molar-refractivity contribution >= 4 is 11.7 Å². The highest BCUT2D eigenvalue weighted by Gasteiger charge is 2.22. The number of anilines is 1. The summed E-state index contributed by atoms with van der Waals surface area (Å²) in [6.45, 7) is 14.3. The second-order valence-corrected chi connectivity index (χ2v) is 8.29. The highest BCUT2D eigenvalue weighted by molar-refractivity contribution is 5.78. The van der Waals surface area contributed by atoms with Crippen LogP contribution in [-0.4, -0.2) is 53.5 Å². The summed E-state index contributed by atoms with van der Waals surface area (Å²) in [5.74, 6) is 2.29. The predicted octanol–water partition coefficient (Wildman–Crippen LogP) is 3.22. The number of carbonyl (C=O) groups is 1. The first-order chi connectivity index (χ1) is 13.8. The van der Waals surface area contributed by atoms with Crippen molar-refractivity contribution in [1.82, 2.24) is 20.2 Å². The minimum absolute atomic E-state index is 0.0171. The molecule has 0 saturated carbocycles. The zero-order chi connectivity index (χ0) is 21.0. The van der Waals surface area contributed by atoms with Crippen LogP contribution >= 0.6 is 0 Å². The molecule has 1 N–H and O–H groups in total. The number of piperazine rings is 1. The molecule has 0 spiro atoms. The molecule has 156 valence electrons. The Labute approximate surface area is 174 Å². The lowest BCUT2D eigenvalue weighted by Crippen LogP contribution is -2.50. The van der Waals surface area contributed by atoms with Crippen molar-refractivity contribution in [3.8, 4) is 0 Å². The summed E-state index contributed by atoms with van der Waals surface area (Å²) in [7, 11) is 0. The van der Waals surface area contributed by atoms with Gasteiger partial charge < -0.3 is 10.2 Å². The average molecular weight is 396 g/mol. The summed E-state index contributed by atoms with van der Waals surface area (Å²) in [4.78, 5) is 26.3. The van der Waals surface area contributed by atoms with E-state index >= 15 is 0 Å². The van der Waals surface area contributed by atoms with Gasteiger partial charge in [0.25, 0.3) is 0 Å². The molecule has 6 nitrogen and oxygen atoms in total. The third-order valence-electron chi connectivity index (χ3n) is 5.47. The van der Waals surface area contributed by atoms with Gasteiger partial charge in [0.1, 0.15) is 11.6 Å². The molecule has 1 aliphatic heterocycles. The Hall–Kier alpha value is -2.47. The predicted molar refractivity (Wildman–Crippen MR) is 117 cm³/mol. The van der Waals surface area contributed by atoms with Crippen LogP contribution in [0.25, 0.3) is 0 Å². The number of benzene rings is 1. The van der Waals surface area contributed by atoms with Crippen LogP contribution in [0.3, 0.4) is 0 Å². The second kappa shape index (κ2) is 9.35. The van der Waals surface area contributed by atoms with Gasteiger partial charge in [0.2, 0.25) is 5.91 Å². The Morgan fingerprint density at radius 3 is 2.41 bits per heavy atom. The van der Waals surface area contributed by atoms with E-state index < -0.39 is 0 Å². The van der Waals surface area contributed by atoms with E-state index in [4.69, 9.17) is 4.98 Å². The molecule has 0 aliphatic carbocycles. The van der Waals surface area contributed by atoms with Crippen molar-refractivity contribution in [3.63, 3.8) is 0 Å². The summed E-state index contributed by atoms with van der Waals surface area (Å²) >= 11 is 0. The van der Waals surface area contributed by atoms with Crippen LogP contribution in [-0.2, 0) is 4.79 Å². The molecule has 0 radical (unpaired) electrons. The number of hydrogen-bond acceptors (Lipinski definition) is 5. The lowest BCUT2D eigenvalue weighted by molar-refractivity contribution is -0.123. The highest BCUT2D eigenvalue weighted by atomic mass is 16.2. The molecule has 2 aromatic rings. The molecule has 29 heavy (non-hydrogen) atoms. The second-order valence-electron chi connectivity index (χ2n) is 8.29. The number of amides is 1.